The monoisotopic (exact) mass is 383 g/mol. The van der Waals surface area contributed by atoms with Crippen LogP contribution in [0.3, 0.4) is 0 Å². The van der Waals surface area contributed by atoms with Crippen molar-refractivity contribution in [2.24, 2.45) is 5.92 Å². The Labute approximate surface area is 161 Å². The summed E-state index contributed by atoms with van der Waals surface area (Å²) in [5.74, 6) is 1.28. The van der Waals surface area contributed by atoms with Crippen molar-refractivity contribution in [1.29, 1.82) is 0 Å². The number of nitrogens with one attached hydrogen (secondary N) is 2. The van der Waals surface area contributed by atoms with Crippen molar-refractivity contribution in [3.63, 3.8) is 0 Å². The minimum atomic E-state index is -0.298. The largest absolute Gasteiger partial charge is 0.495 e. The summed E-state index contributed by atoms with van der Waals surface area (Å²) in [5, 5.41) is 15.5. The molecule has 0 saturated heterocycles. The molecule has 0 aliphatic rings. The van der Waals surface area contributed by atoms with Crippen molar-refractivity contribution in [1.82, 2.24) is 15.2 Å². The number of carbonyl (C=O) groups excluding carboxylic acids is 1. The van der Waals surface area contributed by atoms with Crippen LogP contribution >= 0.6 is 11.3 Å². The lowest BCUT2D eigenvalue weighted by molar-refractivity contribution is 0.102. The molecule has 27 heavy (non-hydrogen) atoms. The Kier molecular flexibility index (Phi) is 5.97. The summed E-state index contributed by atoms with van der Waals surface area (Å²) in [7, 11) is 1.59. The lowest BCUT2D eigenvalue weighted by atomic mass is 10.1. The molecule has 140 valence electrons. The third-order valence-electron chi connectivity index (χ3n) is 3.68. The predicted molar refractivity (Wildman–Crippen MR) is 107 cm³/mol. The average molecular weight is 383 g/mol. The van der Waals surface area contributed by atoms with Gasteiger partial charge in [-0.3, -0.25) is 10.1 Å². The van der Waals surface area contributed by atoms with E-state index < -0.39 is 0 Å². The molecule has 0 unspecified atom stereocenters. The van der Waals surface area contributed by atoms with Gasteiger partial charge in [0, 0.05) is 12.6 Å². The average Bonchev–Trinajstić information content (AvgIpc) is 3.08. The maximum atomic E-state index is 12.7. The topological polar surface area (TPSA) is 89.0 Å². The first-order valence-electron chi connectivity index (χ1n) is 8.55. The van der Waals surface area contributed by atoms with E-state index in [4.69, 9.17) is 4.74 Å². The summed E-state index contributed by atoms with van der Waals surface area (Å²) in [6.45, 7) is 4.23. The van der Waals surface area contributed by atoms with Gasteiger partial charge < -0.3 is 10.1 Å². The van der Waals surface area contributed by atoms with Crippen LogP contribution in [-0.4, -0.2) is 28.2 Å². The van der Waals surface area contributed by atoms with E-state index in [1.54, 1.807) is 25.4 Å². The lowest BCUT2D eigenvalue weighted by Gasteiger charge is -2.12. The van der Waals surface area contributed by atoms with Gasteiger partial charge in [-0.05, 0) is 30.2 Å². The second-order valence-electron chi connectivity index (χ2n) is 6.28. The molecule has 8 heteroatoms. The van der Waals surface area contributed by atoms with Crippen molar-refractivity contribution in [2.45, 2.75) is 20.3 Å². The number of pyridine rings is 1. The van der Waals surface area contributed by atoms with E-state index in [0.29, 0.717) is 28.2 Å². The fourth-order valence-corrected chi connectivity index (χ4v) is 3.41. The van der Waals surface area contributed by atoms with Crippen molar-refractivity contribution in [3.8, 4) is 5.75 Å². The summed E-state index contributed by atoms with van der Waals surface area (Å²) in [5.41, 5.74) is 1.13. The highest BCUT2D eigenvalue weighted by molar-refractivity contribution is 7.15. The smallest absolute Gasteiger partial charge is 0.261 e. The number of nitrogens with zero attached hydrogens (tertiary/aromatic N) is 3. The molecule has 3 aromatic rings. The Bertz CT molecular complexity index is 926. The molecular weight excluding hydrogens is 362 g/mol. The number of benzene rings is 1. The van der Waals surface area contributed by atoms with Crippen LogP contribution in [0, 0.1) is 5.92 Å². The highest BCUT2D eigenvalue weighted by Gasteiger charge is 2.16. The van der Waals surface area contributed by atoms with E-state index in [-0.39, 0.29) is 5.91 Å². The molecule has 3 rings (SSSR count). The molecule has 0 fully saturated rings. The van der Waals surface area contributed by atoms with Crippen LogP contribution in [0.4, 0.5) is 16.6 Å². The van der Waals surface area contributed by atoms with E-state index in [9.17, 15) is 4.79 Å². The van der Waals surface area contributed by atoms with Gasteiger partial charge in [-0.1, -0.05) is 37.3 Å². The van der Waals surface area contributed by atoms with Crippen LogP contribution < -0.4 is 15.4 Å². The van der Waals surface area contributed by atoms with Gasteiger partial charge in [0.05, 0.1) is 18.4 Å². The maximum absolute atomic E-state index is 12.7. The van der Waals surface area contributed by atoms with E-state index >= 15 is 0 Å². The molecule has 0 atom stereocenters. The Balaban J connectivity index is 1.78. The molecule has 1 amide bonds. The predicted octanol–water partition coefficient (Wildman–Crippen LogP) is 4.14. The van der Waals surface area contributed by atoms with Gasteiger partial charge in [0.1, 0.15) is 16.6 Å². The third-order valence-corrected chi connectivity index (χ3v) is 4.54. The number of hydrogen-bond donors (Lipinski definition) is 2. The molecule has 1 aromatic carbocycles. The van der Waals surface area contributed by atoms with Gasteiger partial charge in [-0.2, -0.15) is 0 Å². The highest BCUT2D eigenvalue weighted by Crippen LogP contribution is 2.28. The molecule has 2 heterocycles. The van der Waals surface area contributed by atoms with E-state index in [0.717, 1.165) is 17.1 Å². The molecule has 0 aliphatic carbocycles. The zero-order valence-electron chi connectivity index (χ0n) is 15.4. The first-order chi connectivity index (χ1) is 13.1. The first-order valence-corrected chi connectivity index (χ1v) is 9.37. The quantitative estimate of drug-likeness (QED) is 0.637. The third kappa shape index (κ3) is 4.79. The number of methoxy groups -OCH3 is 1. The molecule has 0 bridgehead atoms. The number of ether oxygens (including phenoxy) is 1. The Hall–Kier alpha value is -3.00. The van der Waals surface area contributed by atoms with Gasteiger partial charge >= 0.3 is 0 Å². The number of rotatable bonds is 7. The van der Waals surface area contributed by atoms with Crippen molar-refractivity contribution in [2.75, 3.05) is 17.7 Å². The van der Waals surface area contributed by atoms with Crippen molar-refractivity contribution < 1.29 is 9.53 Å². The molecule has 2 N–H and O–H groups in total. The zero-order valence-corrected chi connectivity index (χ0v) is 16.2. The number of para-hydroxylation sites is 2. The first kappa shape index (κ1) is 18.8. The summed E-state index contributed by atoms with van der Waals surface area (Å²) in [6, 6.07) is 10.9. The van der Waals surface area contributed by atoms with Crippen molar-refractivity contribution >= 4 is 33.9 Å². The Morgan fingerprint density at radius 2 is 2.00 bits per heavy atom. The number of amides is 1. The molecule has 2 aromatic heterocycles. The zero-order chi connectivity index (χ0) is 19.2. The second-order valence-corrected chi connectivity index (χ2v) is 7.34. The summed E-state index contributed by atoms with van der Waals surface area (Å²) in [4.78, 5) is 17.0. The summed E-state index contributed by atoms with van der Waals surface area (Å²) in [6.07, 6.45) is 2.46. The number of carbonyl (C=O) groups is 1. The fraction of sp³-hybridized carbons (Fsp3) is 0.263. The van der Waals surface area contributed by atoms with Crippen molar-refractivity contribution in [3.05, 3.63) is 53.2 Å². The minimum absolute atomic E-state index is 0.298. The summed E-state index contributed by atoms with van der Waals surface area (Å²) < 4.78 is 5.34. The van der Waals surface area contributed by atoms with E-state index in [1.165, 1.54) is 11.3 Å². The van der Waals surface area contributed by atoms with Crippen LogP contribution in [0.1, 0.15) is 29.2 Å². The van der Waals surface area contributed by atoms with Gasteiger partial charge in [-0.15, -0.1) is 10.2 Å². The van der Waals surface area contributed by atoms with Crippen LogP contribution in [0.15, 0.2) is 42.6 Å². The highest BCUT2D eigenvalue weighted by atomic mass is 32.1. The van der Waals surface area contributed by atoms with Crippen LogP contribution in [0.25, 0.3) is 0 Å². The number of anilines is 3. The maximum Gasteiger partial charge on any atom is 0.261 e. The minimum Gasteiger partial charge on any atom is -0.495 e. The van der Waals surface area contributed by atoms with Gasteiger partial charge in [0.2, 0.25) is 5.13 Å². The SMILES string of the molecule is COc1ccccc1Nc1ncccc1C(=O)Nc1nnc(CC(C)C)s1. The van der Waals surface area contributed by atoms with Gasteiger partial charge in [0.25, 0.3) is 5.91 Å². The van der Waals surface area contributed by atoms with Crippen LogP contribution in [0.5, 0.6) is 5.75 Å². The van der Waals surface area contributed by atoms with Gasteiger partial charge in [-0.25, -0.2) is 4.98 Å². The lowest BCUT2D eigenvalue weighted by Crippen LogP contribution is -2.14. The fourth-order valence-electron chi connectivity index (χ4n) is 2.46. The molecular formula is C19H21N5O2S. The van der Waals surface area contributed by atoms with Gasteiger partial charge in [0.15, 0.2) is 0 Å². The Morgan fingerprint density at radius 1 is 1.19 bits per heavy atom. The standard InChI is InChI=1S/C19H21N5O2S/c1-12(2)11-16-23-24-19(27-16)22-18(25)13-7-6-10-20-17(13)21-14-8-4-5-9-15(14)26-3/h4-10,12H,11H2,1-3H3,(H,20,21)(H,22,24,25). The summed E-state index contributed by atoms with van der Waals surface area (Å²) >= 11 is 1.39. The molecule has 7 nitrogen and oxygen atoms in total. The van der Waals surface area contributed by atoms with Crippen LogP contribution in [0.2, 0.25) is 0 Å². The van der Waals surface area contributed by atoms with Crippen LogP contribution in [-0.2, 0) is 6.42 Å². The molecule has 0 aliphatic heterocycles. The molecule has 0 radical (unpaired) electrons. The van der Waals surface area contributed by atoms with E-state index in [2.05, 4.69) is 39.7 Å². The Morgan fingerprint density at radius 3 is 2.78 bits per heavy atom. The second kappa shape index (κ2) is 8.59. The number of aromatic nitrogens is 3. The molecule has 0 saturated carbocycles. The number of hydrogen-bond acceptors (Lipinski definition) is 7. The molecule has 0 spiro atoms. The normalized spacial score (nSPS) is 10.7. The van der Waals surface area contributed by atoms with E-state index in [1.807, 2.05) is 24.3 Å².